The fraction of sp³-hybridized carbons (Fsp3) is 0.667. The van der Waals surface area contributed by atoms with Gasteiger partial charge in [-0.2, -0.15) is 0 Å². The molecule has 1 aliphatic carbocycles. The van der Waals surface area contributed by atoms with Gasteiger partial charge in [-0.25, -0.2) is 4.79 Å². The number of amides is 2. The summed E-state index contributed by atoms with van der Waals surface area (Å²) in [5, 5.41) is 2.97. The number of carbonyl (C=O) groups excluding carboxylic acids is 1. The Bertz CT molecular complexity index is 683. The zero-order valence-electron chi connectivity index (χ0n) is 16.5. The number of nitrogens with one attached hydrogen (secondary N) is 1. The molecule has 1 N–H and O–H groups in total. The molecule has 1 aliphatic heterocycles. The van der Waals surface area contributed by atoms with Crippen molar-refractivity contribution in [3.63, 3.8) is 0 Å². The van der Waals surface area contributed by atoms with E-state index in [1.54, 1.807) is 0 Å². The van der Waals surface area contributed by atoms with Gasteiger partial charge in [-0.3, -0.25) is 0 Å². The van der Waals surface area contributed by atoms with Crippen LogP contribution in [0.2, 0.25) is 0 Å². The molecule has 2 aliphatic rings. The Morgan fingerprint density at radius 1 is 1.20 bits per heavy atom. The van der Waals surface area contributed by atoms with Crippen LogP contribution in [0.15, 0.2) is 12.1 Å². The molecule has 4 nitrogen and oxygen atoms in total. The molecule has 1 aromatic carbocycles. The molecule has 2 unspecified atom stereocenters. The molecule has 1 heterocycles. The van der Waals surface area contributed by atoms with Gasteiger partial charge in [-0.05, 0) is 67.6 Å². The van der Waals surface area contributed by atoms with Crippen LogP contribution in [0.3, 0.4) is 0 Å². The van der Waals surface area contributed by atoms with E-state index in [2.05, 4.69) is 52.1 Å². The van der Waals surface area contributed by atoms with Crippen LogP contribution in [0.4, 0.5) is 4.79 Å². The molecule has 0 spiro atoms. The van der Waals surface area contributed by atoms with Crippen molar-refractivity contribution in [1.29, 1.82) is 0 Å². The minimum Gasteiger partial charge on any atom is -0.473 e. The number of carbonyl (C=O) groups is 1. The van der Waals surface area contributed by atoms with Crippen LogP contribution < -0.4 is 10.1 Å². The lowest BCUT2D eigenvalue weighted by Gasteiger charge is -2.39. The number of rotatable bonds is 3. The summed E-state index contributed by atoms with van der Waals surface area (Å²) < 4.78 is 5.90. The molecular weight excluding hydrogens is 312 g/mol. The van der Waals surface area contributed by atoms with E-state index >= 15 is 0 Å². The second-order valence-corrected chi connectivity index (χ2v) is 9.27. The largest absolute Gasteiger partial charge is 0.473 e. The van der Waals surface area contributed by atoms with Gasteiger partial charge in [0.05, 0.1) is 0 Å². The number of hydrogen-bond donors (Lipinski definition) is 1. The van der Waals surface area contributed by atoms with Crippen molar-refractivity contribution in [2.24, 2.45) is 10.8 Å². The van der Waals surface area contributed by atoms with E-state index in [-0.39, 0.29) is 18.2 Å². The van der Waals surface area contributed by atoms with Crippen LogP contribution in [-0.4, -0.2) is 30.2 Å². The molecule has 1 saturated heterocycles. The Morgan fingerprint density at radius 3 is 2.60 bits per heavy atom. The maximum absolute atomic E-state index is 12.7. The van der Waals surface area contributed by atoms with Gasteiger partial charge < -0.3 is 15.0 Å². The average Bonchev–Trinajstić information content (AvgIpc) is 2.75. The van der Waals surface area contributed by atoms with Crippen molar-refractivity contribution in [2.75, 3.05) is 13.3 Å². The number of urea groups is 1. The molecule has 2 fully saturated rings. The first kappa shape index (κ1) is 18.1. The summed E-state index contributed by atoms with van der Waals surface area (Å²) in [5.41, 5.74) is 4.02. The molecule has 2 amide bonds. The molecule has 2 bridgehead atoms. The predicted molar refractivity (Wildman–Crippen MR) is 101 cm³/mol. The third-order valence-electron chi connectivity index (χ3n) is 5.99. The van der Waals surface area contributed by atoms with Crippen LogP contribution in [0.5, 0.6) is 5.75 Å². The molecule has 1 saturated carbocycles. The molecule has 4 heteroatoms. The van der Waals surface area contributed by atoms with Gasteiger partial charge in [0.1, 0.15) is 5.75 Å². The Morgan fingerprint density at radius 2 is 1.88 bits per heavy atom. The number of aryl methyl sites for hydroxylation is 2. The third kappa shape index (κ3) is 3.63. The normalized spacial score (nSPS) is 27.3. The number of likely N-dealkylation sites (tertiary alicyclic amines) is 1. The highest BCUT2D eigenvalue weighted by atomic mass is 16.5. The Labute approximate surface area is 151 Å². The highest BCUT2D eigenvalue weighted by Crippen LogP contribution is 2.52. The number of nitrogens with zero attached hydrogens (tertiary/aromatic N) is 1. The van der Waals surface area contributed by atoms with Gasteiger partial charge in [-0.1, -0.05) is 32.9 Å². The van der Waals surface area contributed by atoms with Crippen molar-refractivity contribution in [1.82, 2.24) is 10.2 Å². The van der Waals surface area contributed by atoms with E-state index in [0.29, 0.717) is 11.5 Å². The SMILES string of the molecule is Cc1ccc(C)c(OCNC(=O)N2CC3(C)CC2CC(C)(C)C3)c1C. The Balaban J connectivity index is 1.60. The lowest BCUT2D eigenvalue weighted by atomic mass is 9.65. The standard InChI is InChI=1S/C21H32N2O2/c1-14-7-8-15(2)18(16(14)3)25-13-22-19(24)23-12-21(6)10-17(23)9-20(4,5)11-21/h7-8,17H,9-13H2,1-6H3,(H,22,24). The maximum atomic E-state index is 12.7. The summed E-state index contributed by atoms with van der Waals surface area (Å²) in [5.74, 6) is 0.883. The number of hydrogen-bond acceptors (Lipinski definition) is 2. The fourth-order valence-corrected chi connectivity index (χ4v) is 5.12. The topological polar surface area (TPSA) is 41.6 Å². The zero-order chi connectivity index (χ0) is 18.4. The molecule has 138 valence electrons. The van der Waals surface area contributed by atoms with Gasteiger partial charge >= 0.3 is 6.03 Å². The molecule has 0 radical (unpaired) electrons. The van der Waals surface area contributed by atoms with Crippen LogP contribution in [0, 0.1) is 31.6 Å². The summed E-state index contributed by atoms with van der Waals surface area (Å²) in [7, 11) is 0. The molecular formula is C21H32N2O2. The monoisotopic (exact) mass is 344 g/mol. The summed E-state index contributed by atoms with van der Waals surface area (Å²) in [6.45, 7) is 14.2. The minimum atomic E-state index is 0.00869. The lowest BCUT2D eigenvalue weighted by molar-refractivity contribution is 0.128. The van der Waals surface area contributed by atoms with E-state index < -0.39 is 0 Å². The van der Waals surface area contributed by atoms with Crippen LogP contribution in [-0.2, 0) is 0 Å². The van der Waals surface area contributed by atoms with Crippen LogP contribution in [0.25, 0.3) is 0 Å². The van der Waals surface area contributed by atoms with Gasteiger partial charge in [0.2, 0.25) is 0 Å². The Hall–Kier alpha value is -1.71. The van der Waals surface area contributed by atoms with E-state index in [4.69, 9.17) is 4.74 Å². The average molecular weight is 344 g/mol. The number of ether oxygens (including phenoxy) is 1. The van der Waals surface area contributed by atoms with E-state index in [9.17, 15) is 4.79 Å². The second-order valence-electron chi connectivity index (χ2n) is 9.27. The van der Waals surface area contributed by atoms with Gasteiger partial charge in [0, 0.05) is 12.6 Å². The number of benzene rings is 1. The third-order valence-corrected chi connectivity index (χ3v) is 5.99. The summed E-state index contributed by atoms with van der Waals surface area (Å²) in [6.07, 6.45) is 3.41. The lowest BCUT2D eigenvalue weighted by Crippen LogP contribution is -2.44. The summed E-state index contributed by atoms with van der Waals surface area (Å²) in [4.78, 5) is 14.7. The molecule has 2 atom stereocenters. The fourth-order valence-electron chi connectivity index (χ4n) is 5.12. The smallest absolute Gasteiger partial charge is 0.320 e. The molecule has 25 heavy (non-hydrogen) atoms. The minimum absolute atomic E-state index is 0.00869. The summed E-state index contributed by atoms with van der Waals surface area (Å²) in [6, 6.07) is 4.53. The van der Waals surface area contributed by atoms with E-state index in [0.717, 1.165) is 36.3 Å². The maximum Gasteiger partial charge on any atom is 0.320 e. The molecule has 0 aromatic heterocycles. The van der Waals surface area contributed by atoms with Gasteiger partial charge in [-0.15, -0.1) is 0 Å². The van der Waals surface area contributed by atoms with Crippen molar-refractivity contribution in [3.05, 3.63) is 28.8 Å². The quantitative estimate of drug-likeness (QED) is 0.817. The highest BCUT2D eigenvalue weighted by Gasteiger charge is 2.50. The first-order valence-electron chi connectivity index (χ1n) is 9.34. The summed E-state index contributed by atoms with van der Waals surface area (Å²) >= 11 is 0. The second kappa shape index (κ2) is 6.22. The molecule has 3 rings (SSSR count). The van der Waals surface area contributed by atoms with Crippen molar-refractivity contribution < 1.29 is 9.53 Å². The van der Waals surface area contributed by atoms with E-state index in [1.807, 2.05) is 11.8 Å². The van der Waals surface area contributed by atoms with Gasteiger partial charge in [0.15, 0.2) is 6.73 Å². The first-order valence-corrected chi connectivity index (χ1v) is 9.34. The predicted octanol–water partition coefficient (Wildman–Crippen LogP) is 4.56. The van der Waals surface area contributed by atoms with Crippen molar-refractivity contribution >= 4 is 6.03 Å². The van der Waals surface area contributed by atoms with Crippen molar-refractivity contribution in [3.8, 4) is 5.75 Å². The van der Waals surface area contributed by atoms with Gasteiger partial charge in [0.25, 0.3) is 0 Å². The Kier molecular flexibility index (Phi) is 4.50. The molecule has 1 aromatic rings. The zero-order valence-corrected chi connectivity index (χ0v) is 16.5. The van der Waals surface area contributed by atoms with E-state index in [1.165, 1.54) is 12.0 Å². The van der Waals surface area contributed by atoms with Crippen LogP contribution >= 0.6 is 0 Å². The highest BCUT2D eigenvalue weighted by molar-refractivity contribution is 5.75. The number of fused-ring (bicyclic) bond motifs is 2. The first-order chi connectivity index (χ1) is 11.6. The van der Waals surface area contributed by atoms with Crippen LogP contribution in [0.1, 0.15) is 56.7 Å². The van der Waals surface area contributed by atoms with Crippen molar-refractivity contribution in [2.45, 2.75) is 66.8 Å².